The van der Waals surface area contributed by atoms with Crippen molar-refractivity contribution in [1.82, 2.24) is 5.32 Å². The summed E-state index contributed by atoms with van der Waals surface area (Å²) < 4.78 is 22.3. The molecule has 0 aliphatic carbocycles. The number of amides is 1. The Morgan fingerprint density at radius 3 is 2.44 bits per heavy atom. The molecule has 0 radical (unpaired) electrons. The van der Waals surface area contributed by atoms with E-state index in [0.717, 1.165) is 33.7 Å². The van der Waals surface area contributed by atoms with Gasteiger partial charge < -0.3 is 24.3 Å². The molecule has 0 saturated carbocycles. The molecule has 1 saturated heterocycles. The molecule has 0 unspecified atom stereocenters. The lowest BCUT2D eigenvalue weighted by Gasteiger charge is -2.14. The van der Waals surface area contributed by atoms with Gasteiger partial charge in [0.15, 0.2) is 16.7 Å². The summed E-state index contributed by atoms with van der Waals surface area (Å²) in [6, 6.07) is 17.0. The Morgan fingerprint density at radius 2 is 1.69 bits per heavy atom. The summed E-state index contributed by atoms with van der Waals surface area (Å²) in [5.74, 6) is 2.37. The highest BCUT2D eigenvalue weighted by atomic mass is 32.2. The molecule has 1 aliphatic heterocycles. The molecule has 0 bridgehead atoms. The molecular formula is C28H28N2O5S. The predicted octanol–water partition coefficient (Wildman–Crippen LogP) is 5.80. The highest BCUT2D eigenvalue weighted by molar-refractivity contribution is 8.18. The molecule has 1 aliphatic rings. The van der Waals surface area contributed by atoms with Crippen LogP contribution >= 0.6 is 11.8 Å². The van der Waals surface area contributed by atoms with Gasteiger partial charge in [-0.2, -0.15) is 0 Å². The van der Waals surface area contributed by atoms with Gasteiger partial charge in [-0.15, -0.1) is 0 Å². The van der Waals surface area contributed by atoms with Crippen LogP contribution in [0.15, 0.2) is 64.5 Å². The molecule has 1 fully saturated rings. The minimum absolute atomic E-state index is 0.187. The average molecular weight is 505 g/mol. The largest absolute Gasteiger partial charge is 0.497 e. The van der Waals surface area contributed by atoms with E-state index in [1.54, 1.807) is 21.3 Å². The third-order valence-corrected chi connectivity index (χ3v) is 6.71. The second-order valence-electron chi connectivity index (χ2n) is 8.08. The van der Waals surface area contributed by atoms with E-state index in [1.807, 2.05) is 74.5 Å². The van der Waals surface area contributed by atoms with Crippen molar-refractivity contribution < 1.29 is 23.7 Å². The SMILES string of the molecule is COc1ccc(OC)c(COc2ccc(/C=C3\SC(=Nc4cccc(C)c4C)NC3=O)cc2OC)c1. The van der Waals surface area contributed by atoms with Crippen LogP contribution in [0.5, 0.6) is 23.0 Å². The Balaban J connectivity index is 1.51. The minimum Gasteiger partial charge on any atom is -0.497 e. The highest BCUT2D eigenvalue weighted by Gasteiger charge is 2.24. The van der Waals surface area contributed by atoms with Crippen molar-refractivity contribution in [3.8, 4) is 23.0 Å². The number of nitrogens with zero attached hydrogens (tertiary/aromatic N) is 1. The third kappa shape index (κ3) is 5.66. The van der Waals surface area contributed by atoms with Crippen molar-refractivity contribution in [3.63, 3.8) is 0 Å². The molecule has 0 atom stereocenters. The number of carbonyl (C=O) groups excluding carboxylic acids is 1. The first-order chi connectivity index (χ1) is 17.4. The number of thioether (sulfide) groups is 1. The molecule has 4 rings (SSSR count). The minimum atomic E-state index is -0.187. The van der Waals surface area contributed by atoms with Gasteiger partial charge in [-0.3, -0.25) is 4.79 Å². The number of hydrogen-bond donors (Lipinski definition) is 1. The molecular weight excluding hydrogens is 476 g/mol. The fourth-order valence-electron chi connectivity index (χ4n) is 3.64. The molecule has 7 nitrogen and oxygen atoms in total. The quantitative estimate of drug-likeness (QED) is 0.391. The molecule has 186 valence electrons. The highest BCUT2D eigenvalue weighted by Crippen LogP contribution is 2.34. The number of aryl methyl sites for hydroxylation is 1. The topological polar surface area (TPSA) is 78.4 Å². The Morgan fingerprint density at radius 1 is 0.917 bits per heavy atom. The zero-order valence-corrected chi connectivity index (χ0v) is 21.7. The van der Waals surface area contributed by atoms with E-state index in [1.165, 1.54) is 11.8 Å². The molecule has 0 aromatic heterocycles. The van der Waals surface area contributed by atoms with E-state index in [2.05, 4.69) is 10.3 Å². The van der Waals surface area contributed by atoms with Gasteiger partial charge in [-0.05, 0) is 84.8 Å². The van der Waals surface area contributed by atoms with Gasteiger partial charge >= 0.3 is 0 Å². The number of methoxy groups -OCH3 is 3. The van der Waals surface area contributed by atoms with Crippen molar-refractivity contribution in [2.75, 3.05) is 21.3 Å². The number of amidine groups is 1. The molecule has 0 spiro atoms. The summed E-state index contributed by atoms with van der Waals surface area (Å²) >= 11 is 1.31. The van der Waals surface area contributed by atoms with E-state index in [0.29, 0.717) is 27.3 Å². The van der Waals surface area contributed by atoms with E-state index in [4.69, 9.17) is 18.9 Å². The standard InChI is InChI=1S/C28H28N2O5S/c1-17-7-6-8-22(18(17)2)29-28-30-27(31)26(36-28)14-19-9-11-24(25(13-19)34-5)35-16-20-15-21(32-3)10-12-23(20)33-4/h6-15H,16H2,1-5H3,(H,29,30,31)/b26-14-. The zero-order valence-electron chi connectivity index (χ0n) is 20.9. The second kappa shape index (κ2) is 11.2. The van der Waals surface area contributed by atoms with Gasteiger partial charge in [0, 0.05) is 5.56 Å². The van der Waals surface area contributed by atoms with E-state index in [-0.39, 0.29) is 12.5 Å². The second-order valence-corrected chi connectivity index (χ2v) is 9.11. The van der Waals surface area contributed by atoms with Crippen LogP contribution in [0.2, 0.25) is 0 Å². The van der Waals surface area contributed by atoms with Gasteiger partial charge in [0.2, 0.25) is 0 Å². The number of aliphatic imine (C=N–C) groups is 1. The number of benzene rings is 3. The average Bonchev–Trinajstić information content (AvgIpc) is 3.23. The number of nitrogens with one attached hydrogen (secondary N) is 1. The van der Waals surface area contributed by atoms with Crippen LogP contribution in [0.1, 0.15) is 22.3 Å². The maximum atomic E-state index is 12.6. The zero-order chi connectivity index (χ0) is 25.7. The fraction of sp³-hybridized carbons (Fsp3) is 0.214. The number of ether oxygens (including phenoxy) is 4. The lowest BCUT2D eigenvalue weighted by atomic mass is 10.1. The molecule has 3 aromatic carbocycles. The van der Waals surface area contributed by atoms with Crippen molar-refractivity contribution in [2.45, 2.75) is 20.5 Å². The molecule has 3 aromatic rings. The maximum absolute atomic E-state index is 12.6. The van der Waals surface area contributed by atoms with Crippen LogP contribution in [0, 0.1) is 13.8 Å². The lowest BCUT2D eigenvalue weighted by molar-refractivity contribution is -0.115. The first-order valence-corrected chi connectivity index (χ1v) is 12.1. The summed E-state index contributed by atoms with van der Waals surface area (Å²) in [7, 11) is 4.81. The van der Waals surface area contributed by atoms with Crippen LogP contribution in [0.3, 0.4) is 0 Å². The Hall–Kier alpha value is -3.91. The van der Waals surface area contributed by atoms with Gasteiger partial charge in [0.05, 0.1) is 31.9 Å². The van der Waals surface area contributed by atoms with Gasteiger partial charge in [0.25, 0.3) is 5.91 Å². The maximum Gasteiger partial charge on any atom is 0.264 e. The summed E-state index contributed by atoms with van der Waals surface area (Å²) in [4.78, 5) is 17.7. The summed E-state index contributed by atoms with van der Waals surface area (Å²) in [6.45, 7) is 4.33. The Labute approximate surface area is 215 Å². The van der Waals surface area contributed by atoms with Crippen molar-refractivity contribution in [2.24, 2.45) is 4.99 Å². The van der Waals surface area contributed by atoms with Crippen LogP contribution in [0.25, 0.3) is 6.08 Å². The van der Waals surface area contributed by atoms with E-state index >= 15 is 0 Å². The number of hydrogen-bond acceptors (Lipinski definition) is 7. The first kappa shape index (κ1) is 25.2. The van der Waals surface area contributed by atoms with Crippen LogP contribution in [0.4, 0.5) is 5.69 Å². The summed E-state index contributed by atoms with van der Waals surface area (Å²) in [5.41, 5.74) is 4.74. The smallest absolute Gasteiger partial charge is 0.264 e. The normalized spacial score (nSPS) is 15.2. The molecule has 8 heteroatoms. The van der Waals surface area contributed by atoms with Gasteiger partial charge in [-0.1, -0.05) is 18.2 Å². The van der Waals surface area contributed by atoms with E-state index in [9.17, 15) is 4.79 Å². The first-order valence-electron chi connectivity index (χ1n) is 11.3. The Kier molecular flexibility index (Phi) is 7.85. The van der Waals surface area contributed by atoms with Crippen LogP contribution < -0.4 is 24.3 Å². The third-order valence-electron chi connectivity index (χ3n) is 5.81. The van der Waals surface area contributed by atoms with Crippen molar-refractivity contribution in [1.29, 1.82) is 0 Å². The van der Waals surface area contributed by atoms with Gasteiger partial charge in [-0.25, -0.2) is 4.99 Å². The number of rotatable bonds is 8. The van der Waals surface area contributed by atoms with E-state index < -0.39 is 0 Å². The molecule has 1 amide bonds. The van der Waals surface area contributed by atoms with Crippen molar-refractivity contribution in [3.05, 3.63) is 81.8 Å². The molecule has 1 heterocycles. The molecule has 36 heavy (non-hydrogen) atoms. The van der Waals surface area contributed by atoms with Crippen molar-refractivity contribution >= 4 is 34.6 Å². The monoisotopic (exact) mass is 504 g/mol. The van der Waals surface area contributed by atoms with Crippen LogP contribution in [-0.2, 0) is 11.4 Å². The van der Waals surface area contributed by atoms with Gasteiger partial charge in [0.1, 0.15) is 18.1 Å². The number of carbonyl (C=O) groups is 1. The Bertz CT molecular complexity index is 1350. The summed E-state index contributed by atoms with van der Waals surface area (Å²) in [5, 5.41) is 3.40. The lowest BCUT2D eigenvalue weighted by Crippen LogP contribution is -2.19. The summed E-state index contributed by atoms with van der Waals surface area (Å²) in [6.07, 6.45) is 1.81. The predicted molar refractivity (Wildman–Crippen MR) is 144 cm³/mol. The fourth-order valence-corrected chi connectivity index (χ4v) is 4.48. The molecule has 1 N–H and O–H groups in total. The van der Waals surface area contributed by atoms with Crippen LogP contribution in [-0.4, -0.2) is 32.4 Å².